The second-order valence-electron chi connectivity index (χ2n) is 4.53. The van der Waals surface area contributed by atoms with E-state index in [1.165, 1.54) is 15.8 Å². The fourth-order valence-corrected chi connectivity index (χ4v) is 4.82. The normalized spacial score (nSPS) is 20.9. The first-order valence-electron chi connectivity index (χ1n) is 6.38. The molecule has 0 saturated carbocycles. The van der Waals surface area contributed by atoms with Gasteiger partial charge in [0.15, 0.2) is 0 Å². The maximum absolute atomic E-state index is 12.5. The van der Waals surface area contributed by atoms with E-state index in [2.05, 4.69) is 0 Å². The van der Waals surface area contributed by atoms with Gasteiger partial charge < -0.3 is 9.84 Å². The van der Waals surface area contributed by atoms with Gasteiger partial charge in [-0.1, -0.05) is 0 Å². The molecule has 0 aromatic carbocycles. The third kappa shape index (κ3) is 3.20. The standard InChI is InChI=1S/C12H17NO5S2/c1-2-18-9-4-3-5-13(7-9)20(16,17)10-6-11(12(14)15)19-8-10/h6,8-9H,2-5,7H2,1H3,(H,14,15). The van der Waals surface area contributed by atoms with E-state index < -0.39 is 16.0 Å². The molecule has 2 rings (SSSR count). The minimum absolute atomic E-state index is 0.0296. The Morgan fingerprint density at radius 3 is 2.95 bits per heavy atom. The van der Waals surface area contributed by atoms with Crippen LogP contribution in [0.5, 0.6) is 0 Å². The quantitative estimate of drug-likeness (QED) is 0.892. The first-order chi connectivity index (χ1) is 9.45. The minimum Gasteiger partial charge on any atom is -0.477 e. The number of rotatable bonds is 5. The first-order valence-corrected chi connectivity index (χ1v) is 8.70. The van der Waals surface area contributed by atoms with Crippen molar-refractivity contribution in [2.75, 3.05) is 19.7 Å². The van der Waals surface area contributed by atoms with Crippen LogP contribution in [0.15, 0.2) is 16.3 Å². The molecule has 6 nitrogen and oxygen atoms in total. The zero-order valence-electron chi connectivity index (χ0n) is 11.1. The number of carboxylic acid groups (broad SMARTS) is 1. The van der Waals surface area contributed by atoms with Crippen LogP contribution in [0.2, 0.25) is 0 Å². The van der Waals surface area contributed by atoms with Gasteiger partial charge in [-0.3, -0.25) is 0 Å². The molecule has 0 aliphatic carbocycles. The predicted octanol–water partition coefficient (Wildman–Crippen LogP) is 1.64. The first kappa shape index (κ1) is 15.4. The Morgan fingerprint density at radius 2 is 2.35 bits per heavy atom. The second-order valence-corrected chi connectivity index (χ2v) is 7.38. The lowest BCUT2D eigenvalue weighted by Crippen LogP contribution is -2.43. The smallest absolute Gasteiger partial charge is 0.345 e. The molecule has 0 spiro atoms. The molecule has 8 heteroatoms. The summed E-state index contributed by atoms with van der Waals surface area (Å²) < 4.78 is 31.8. The Labute approximate surface area is 122 Å². The second kappa shape index (κ2) is 6.21. The molecule has 1 aliphatic heterocycles. The lowest BCUT2D eigenvalue weighted by molar-refractivity contribution is 0.0265. The molecule has 112 valence electrons. The fourth-order valence-electron chi connectivity index (χ4n) is 2.21. The monoisotopic (exact) mass is 319 g/mol. The number of hydrogen-bond acceptors (Lipinski definition) is 5. The van der Waals surface area contributed by atoms with Crippen molar-refractivity contribution in [3.63, 3.8) is 0 Å². The van der Waals surface area contributed by atoms with Crippen LogP contribution in [0.3, 0.4) is 0 Å². The maximum atomic E-state index is 12.5. The largest absolute Gasteiger partial charge is 0.477 e. The molecule has 1 saturated heterocycles. The molecule has 0 amide bonds. The van der Waals surface area contributed by atoms with E-state index in [1.807, 2.05) is 6.92 Å². The van der Waals surface area contributed by atoms with Gasteiger partial charge in [0.25, 0.3) is 0 Å². The molecule has 1 N–H and O–H groups in total. The number of carboxylic acids is 1. The van der Waals surface area contributed by atoms with Crippen LogP contribution in [0.4, 0.5) is 0 Å². The highest BCUT2D eigenvalue weighted by atomic mass is 32.2. The SMILES string of the molecule is CCOC1CCCN(S(=O)(=O)c2csc(C(=O)O)c2)C1. The van der Waals surface area contributed by atoms with E-state index in [1.54, 1.807) is 0 Å². The Bertz CT molecular complexity index is 578. The Hall–Kier alpha value is -0.960. The highest BCUT2D eigenvalue weighted by molar-refractivity contribution is 7.89. The van der Waals surface area contributed by atoms with Gasteiger partial charge in [-0.25, -0.2) is 13.2 Å². The van der Waals surface area contributed by atoms with E-state index in [4.69, 9.17) is 9.84 Å². The average Bonchev–Trinajstić information content (AvgIpc) is 2.90. The van der Waals surface area contributed by atoms with Crippen LogP contribution in [-0.2, 0) is 14.8 Å². The average molecular weight is 319 g/mol. The number of piperidine rings is 1. The van der Waals surface area contributed by atoms with Crippen molar-refractivity contribution in [1.29, 1.82) is 0 Å². The van der Waals surface area contributed by atoms with Gasteiger partial charge in [-0.2, -0.15) is 4.31 Å². The molecular formula is C12H17NO5S2. The molecule has 1 aromatic heterocycles. The van der Waals surface area contributed by atoms with Crippen molar-refractivity contribution < 1.29 is 23.1 Å². The summed E-state index contributed by atoms with van der Waals surface area (Å²) >= 11 is 0.923. The van der Waals surface area contributed by atoms with E-state index in [0.29, 0.717) is 19.7 Å². The summed E-state index contributed by atoms with van der Waals surface area (Å²) in [7, 11) is -3.63. The van der Waals surface area contributed by atoms with Crippen LogP contribution in [0, 0.1) is 0 Å². The predicted molar refractivity (Wildman–Crippen MR) is 74.7 cm³/mol. The Kier molecular flexibility index (Phi) is 4.79. The highest BCUT2D eigenvalue weighted by Crippen LogP contribution is 2.25. The van der Waals surface area contributed by atoms with Gasteiger partial charge in [0, 0.05) is 25.1 Å². The molecule has 1 unspecified atom stereocenters. The van der Waals surface area contributed by atoms with E-state index in [9.17, 15) is 13.2 Å². The van der Waals surface area contributed by atoms with Gasteiger partial charge in [0.1, 0.15) is 4.88 Å². The Morgan fingerprint density at radius 1 is 1.60 bits per heavy atom. The molecule has 0 radical (unpaired) electrons. The van der Waals surface area contributed by atoms with Crippen molar-refractivity contribution >= 4 is 27.3 Å². The van der Waals surface area contributed by atoms with Crippen LogP contribution < -0.4 is 0 Å². The summed E-state index contributed by atoms with van der Waals surface area (Å²) in [5.74, 6) is -1.11. The molecule has 1 aromatic rings. The zero-order chi connectivity index (χ0) is 14.8. The number of nitrogens with zero attached hydrogens (tertiary/aromatic N) is 1. The van der Waals surface area contributed by atoms with Gasteiger partial charge in [-0.05, 0) is 25.8 Å². The summed E-state index contributed by atoms with van der Waals surface area (Å²) in [6, 6.07) is 1.21. The highest BCUT2D eigenvalue weighted by Gasteiger charge is 2.31. The van der Waals surface area contributed by atoms with Gasteiger partial charge >= 0.3 is 5.97 Å². The van der Waals surface area contributed by atoms with Gasteiger partial charge in [-0.15, -0.1) is 11.3 Å². The van der Waals surface area contributed by atoms with Gasteiger partial charge in [0.05, 0.1) is 11.0 Å². The molecular weight excluding hydrogens is 302 g/mol. The summed E-state index contributed by atoms with van der Waals surface area (Å²) in [5, 5.41) is 10.2. The molecule has 1 fully saturated rings. The minimum atomic E-state index is -3.63. The zero-order valence-corrected chi connectivity index (χ0v) is 12.7. The van der Waals surface area contributed by atoms with Crippen LogP contribution in [0.1, 0.15) is 29.4 Å². The number of ether oxygens (including phenoxy) is 1. The van der Waals surface area contributed by atoms with Crippen LogP contribution in [0.25, 0.3) is 0 Å². The number of sulfonamides is 1. The number of thiophene rings is 1. The molecule has 0 bridgehead atoms. The third-order valence-electron chi connectivity index (χ3n) is 3.17. The van der Waals surface area contributed by atoms with Crippen molar-refractivity contribution in [2.24, 2.45) is 0 Å². The number of hydrogen-bond donors (Lipinski definition) is 1. The summed E-state index contributed by atoms with van der Waals surface area (Å²) in [5.41, 5.74) is 0. The van der Waals surface area contributed by atoms with Crippen molar-refractivity contribution in [3.05, 3.63) is 16.3 Å². The lowest BCUT2D eigenvalue weighted by atomic mass is 10.1. The van der Waals surface area contributed by atoms with Crippen molar-refractivity contribution in [2.45, 2.75) is 30.8 Å². The molecule has 1 atom stereocenters. The number of carbonyl (C=O) groups is 1. The van der Waals surface area contributed by atoms with Crippen molar-refractivity contribution in [1.82, 2.24) is 4.31 Å². The van der Waals surface area contributed by atoms with Crippen LogP contribution >= 0.6 is 11.3 Å². The topological polar surface area (TPSA) is 83.9 Å². The summed E-state index contributed by atoms with van der Waals surface area (Å²) in [4.78, 5) is 10.9. The molecule has 20 heavy (non-hydrogen) atoms. The van der Waals surface area contributed by atoms with Crippen LogP contribution in [-0.4, -0.2) is 49.6 Å². The summed E-state index contributed by atoms with van der Waals surface area (Å²) in [6.45, 7) is 3.21. The molecule has 1 aliphatic rings. The maximum Gasteiger partial charge on any atom is 0.345 e. The van der Waals surface area contributed by atoms with E-state index >= 15 is 0 Å². The fraction of sp³-hybridized carbons (Fsp3) is 0.583. The third-order valence-corrected chi connectivity index (χ3v) is 6.08. The lowest BCUT2D eigenvalue weighted by Gasteiger charge is -2.31. The number of aromatic carboxylic acids is 1. The Balaban J connectivity index is 2.18. The van der Waals surface area contributed by atoms with E-state index in [0.717, 1.165) is 24.2 Å². The van der Waals surface area contributed by atoms with E-state index in [-0.39, 0.29) is 15.9 Å². The summed E-state index contributed by atoms with van der Waals surface area (Å²) in [6.07, 6.45) is 1.52. The van der Waals surface area contributed by atoms with Gasteiger partial charge in [0.2, 0.25) is 10.0 Å². The molecule has 2 heterocycles. The van der Waals surface area contributed by atoms with Crippen molar-refractivity contribution in [3.8, 4) is 0 Å².